The second kappa shape index (κ2) is 13.0. The highest BCUT2D eigenvalue weighted by atomic mass is 19.4. The lowest BCUT2D eigenvalue weighted by atomic mass is 10.1. The van der Waals surface area contributed by atoms with Crippen LogP contribution >= 0.6 is 0 Å². The van der Waals surface area contributed by atoms with E-state index in [1.54, 1.807) is 24.4 Å². The third-order valence-electron chi connectivity index (χ3n) is 7.06. The van der Waals surface area contributed by atoms with Crippen molar-refractivity contribution in [3.05, 3.63) is 65.1 Å². The molecule has 1 fully saturated rings. The van der Waals surface area contributed by atoms with E-state index in [4.69, 9.17) is 14.5 Å². The topological polar surface area (TPSA) is 126 Å². The van der Waals surface area contributed by atoms with Crippen LogP contribution in [0.4, 0.5) is 36.3 Å². The summed E-state index contributed by atoms with van der Waals surface area (Å²) in [6, 6.07) is 6.85. The van der Waals surface area contributed by atoms with Crippen LogP contribution in [0, 0.1) is 6.92 Å². The van der Waals surface area contributed by atoms with E-state index in [1.807, 2.05) is 25.7 Å². The first-order valence-corrected chi connectivity index (χ1v) is 14.0. The van der Waals surface area contributed by atoms with Crippen molar-refractivity contribution in [3.63, 3.8) is 0 Å². The standard InChI is InChI=1S/C30H33F3N8O3/c1-17(2)34-14-20-11-21(30(31,32)33)13-23(26(20)43-4)39-28(42)19-6-5-18(3)22(12-19)38-27-25-24(36-16-37-27)15-35-29(40-25)41-7-9-44-10-8-41/h5-6,11-13,15-17,34H,7-10,14H2,1-4H3,(H,39,42)(H,36,37,38). The van der Waals surface area contributed by atoms with Crippen LogP contribution in [0.5, 0.6) is 5.75 Å². The molecule has 0 atom stereocenters. The minimum Gasteiger partial charge on any atom is -0.494 e. The number of carbonyl (C=O) groups excluding carboxylic acids is 1. The first kappa shape index (κ1) is 30.9. The summed E-state index contributed by atoms with van der Waals surface area (Å²) in [6.07, 6.45) is -1.60. The summed E-state index contributed by atoms with van der Waals surface area (Å²) in [5.41, 5.74) is 1.89. The molecule has 3 N–H and O–H groups in total. The summed E-state index contributed by atoms with van der Waals surface area (Å²) >= 11 is 0. The Labute approximate surface area is 252 Å². The Morgan fingerprint density at radius 3 is 2.57 bits per heavy atom. The van der Waals surface area contributed by atoms with Crippen LogP contribution < -0.4 is 25.6 Å². The Morgan fingerprint density at radius 1 is 1.09 bits per heavy atom. The average Bonchev–Trinajstić information content (AvgIpc) is 3.00. The zero-order valence-corrected chi connectivity index (χ0v) is 24.7. The molecule has 5 rings (SSSR count). The molecule has 1 aliphatic rings. The van der Waals surface area contributed by atoms with Crippen molar-refractivity contribution in [2.45, 2.75) is 39.5 Å². The van der Waals surface area contributed by atoms with Crippen molar-refractivity contribution in [2.75, 3.05) is 48.9 Å². The number of nitrogens with zero attached hydrogens (tertiary/aromatic N) is 5. The average molecular weight is 611 g/mol. The van der Waals surface area contributed by atoms with Gasteiger partial charge in [-0.1, -0.05) is 19.9 Å². The first-order chi connectivity index (χ1) is 21.0. The summed E-state index contributed by atoms with van der Waals surface area (Å²) in [6.45, 7) is 8.21. The van der Waals surface area contributed by atoms with Crippen molar-refractivity contribution in [3.8, 4) is 5.75 Å². The largest absolute Gasteiger partial charge is 0.494 e. The fourth-order valence-corrected chi connectivity index (χ4v) is 4.70. The van der Waals surface area contributed by atoms with Crippen LogP contribution in [0.3, 0.4) is 0 Å². The molecule has 0 saturated carbocycles. The molecule has 2 aromatic carbocycles. The molecule has 2 aromatic heterocycles. The normalized spacial score (nSPS) is 13.8. The molecule has 0 unspecified atom stereocenters. The van der Waals surface area contributed by atoms with Crippen LogP contribution in [0.15, 0.2) is 42.9 Å². The summed E-state index contributed by atoms with van der Waals surface area (Å²) in [4.78, 5) is 33.2. The number of alkyl halides is 3. The van der Waals surface area contributed by atoms with E-state index >= 15 is 0 Å². The number of aryl methyl sites for hydroxylation is 1. The van der Waals surface area contributed by atoms with Crippen LogP contribution in [0.1, 0.15) is 40.9 Å². The van der Waals surface area contributed by atoms with E-state index in [0.717, 1.165) is 17.7 Å². The van der Waals surface area contributed by atoms with Crippen LogP contribution in [0.2, 0.25) is 0 Å². The van der Waals surface area contributed by atoms with E-state index in [1.165, 1.54) is 13.4 Å². The number of anilines is 4. The number of methoxy groups -OCH3 is 1. The van der Waals surface area contributed by atoms with E-state index in [2.05, 4.69) is 30.9 Å². The molecule has 11 nitrogen and oxygen atoms in total. The van der Waals surface area contributed by atoms with E-state index in [-0.39, 0.29) is 35.2 Å². The van der Waals surface area contributed by atoms with Gasteiger partial charge < -0.3 is 30.3 Å². The fraction of sp³-hybridized carbons (Fsp3) is 0.367. The fourth-order valence-electron chi connectivity index (χ4n) is 4.70. The predicted octanol–water partition coefficient (Wildman–Crippen LogP) is 5.09. The van der Waals surface area contributed by atoms with Gasteiger partial charge in [-0.05, 0) is 36.8 Å². The Balaban J connectivity index is 1.44. The smallest absolute Gasteiger partial charge is 0.416 e. The van der Waals surface area contributed by atoms with E-state index in [0.29, 0.717) is 54.8 Å². The molecule has 44 heavy (non-hydrogen) atoms. The SMILES string of the molecule is COc1c(CNC(C)C)cc(C(F)(F)F)cc1NC(=O)c1ccc(C)c(Nc2ncnc3cnc(N4CCOCC4)nc23)c1. The number of benzene rings is 2. The molecule has 1 aliphatic heterocycles. The van der Waals surface area contributed by atoms with Crippen LogP contribution in [-0.2, 0) is 17.5 Å². The molecule has 0 spiro atoms. The van der Waals surface area contributed by atoms with Crippen molar-refractivity contribution in [1.82, 2.24) is 25.3 Å². The summed E-state index contributed by atoms with van der Waals surface area (Å²) in [5.74, 6) is 0.474. The van der Waals surface area contributed by atoms with Gasteiger partial charge >= 0.3 is 6.18 Å². The maximum absolute atomic E-state index is 13.8. The predicted molar refractivity (Wildman–Crippen MR) is 161 cm³/mol. The number of aromatic nitrogens is 4. The zero-order valence-electron chi connectivity index (χ0n) is 24.7. The maximum atomic E-state index is 13.8. The number of halogens is 3. The molecule has 1 amide bonds. The number of morpholine rings is 1. The molecule has 3 heterocycles. The number of nitrogens with one attached hydrogen (secondary N) is 3. The molecule has 0 bridgehead atoms. The van der Waals surface area contributed by atoms with Gasteiger partial charge in [0, 0.05) is 42.5 Å². The second-order valence-electron chi connectivity index (χ2n) is 10.6. The van der Waals surface area contributed by atoms with E-state index < -0.39 is 17.6 Å². The van der Waals surface area contributed by atoms with Gasteiger partial charge in [0.15, 0.2) is 5.82 Å². The summed E-state index contributed by atoms with van der Waals surface area (Å²) < 4.78 is 52.2. The van der Waals surface area contributed by atoms with Crippen molar-refractivity contribution in [1.29, 1.82) is 0 Å². The number of carbonyl (C=O) groups is 1. The summed E-state index contributed by atoms with van der Waals surface area (Å²) in [5, 5.41) is 8.97. The van der Waals surface area contributed by atoms with Gasteiger partial charge in [0.05, 0.1) is 37.8 Å². The minimum atomic E-state index is -4.62. The van der Waals surface area contributed by atoms with Crippen LogP contribution in [-0.4, -0.2) is 65.3 Å². The van der Waals surface area contributed by atoms with E-state index in [9.17, 15) is 18.0 Å². The first-order valence-electron chi connectivity index (χ1n) is 14.0. The highest BCUT2D eigenvalue weighted by Gasteiger charge is 2.33. The number of hydrogen-bond acceptors (Lipinski definition) is 10. The molecular weight excluding hydrogens is 577 g/mol. The molecule has 0 aliphatic carbocycles. The Kier molecular flexibility index (Phi) is 9.11. The van der Waals surface area contributed by atoms with Gasteiger partial charge in [-0.25, -0.2) is 19.9 Å². The number of amides is 1. The van der Waals surface area contributed by atoms with Gasteiger partial charge in [-0.15, -0.1) is 0 Å². The second-order valence-corrected chi connectivity index (χ2v) is 10.6. The van der Waals surface area contributed by atoms with Crippen molar-refractivity contribution < 1.29 is 27.4 Å². The Hall–Kier alpha value is -4.56. The molecule has 0 radical (unpaired) electrons. The van der Waals surface area contributed by atoms with Gasteiger partial charge in [-0.2, -0.15) is 13.2 Å². The van der Waals surface area contributed by atoms with Gasteiger partial charge in [-0.3, -0.25) is 4.79 Å². The van der Waals surface area contributed by atoms with Crippen LogP contribution in [0.25, 0.3) is 11.0 Å². The highest BCUT2D eigenvalue weighted by Crippen LogP contribution is 2.38. The minimum absolute atomic E-state index is 0.0233. The highest BCUT2D eigenvalue weighted by molar-refractivity contribution is 6.06. The molecule has 14 heteroatoms. The van der Waals surface area contributed by atoms with Gasteiger partial charge in [0.1, 0.15) is 23.1 Å². The summed E-state index contributed by atoms with van der Waals surface area (Å²) in [7, 11) is 1.35. The molecule has 4 aromatic rings. The number of hydrogen-bond donors (Lipinski definition) is 3. The third kappa shape index (κ3) is 6.97. The lowest BCUT2D eigenvalue weighted by molar-refractivity contribution is -0.137. The van der Waals surface area contributed by atoms with Crippen molar-refractivity contribution >= 4 is 40.1 Å². The quantitative estimate of drug-likeness (QED) is 0.236. The third-order valence-corrected chi connectivity index (χ3v) is 7.06. The Bertz CT molecular complexity index is 1660. The Morgan fingerprint density at radius 2 is 1.86 bits per heavy atom. The van der Waals surface area contributed by atoms with Gasteiger partial charge in [0.2, 0.25) is 5.95 Å². The maximum Gasteiger partial charge on any atom is 0.416 e. The zero-order chi connectivity index (χ0) is 31.4. The van der Waals surface area contributed by atoms with Crippen molar-refractivity contribution in [2.24, 2.45) is 0 Å². The number of fused-ring (bicyclic) bond motifs is 1. The molecule has 1 saturated heterocycles. The monoisotopic (exact) mass is 610 g/mol. The lowest BCUT2D eigenvalue weighted by Crippen LogP contribution is -2.37. The molecular formula is C30H33F3N8O3. The molecule has 232 valence electrons. The van der Waals surface area contributed by atoms with Gasteiger partial charge in [0.25, 0.3) is 5.91 Å². The number of rotatable bonds is 9. The lowest BCUT2D eigenvalue weighted by Gasteiger charge is -2.26. The number of ether oxygens (including phenoxy) is 2.